The Morgan fingerprint density at radius 2 is 1.80 bits per heavy atom. The molecule has 2 nitrogen and oxygen atoms in total. The summed E-state index contributed by atoms with van der Waals surface area (Å²) in [6.07, 6.45) is -0.765. The lowest BCUT2D eigenvalue weighted by atomic mass is 10.0. The fourth-order valence-corrected chi connectivity index (χ4v) is 2.20. The summed E-state index contributed by atoms with van der Waals surface area (Å²) < 4.78 is 19.0. The van der Waals surface area contributed by atoms with Crippen LogP contribution in [0.2, 0.25) is 0 Å². The van der Waals surface area contributed by atoms with E-state index in [0.717, 1.165) is 16.7 Å². The molecule has 0 fully saturated rings. The van der Waals surface area contributed by atoms with Crippen LogP contribution in [-0.4, -0.2) is 5.11 Å². The first kappa shape index (κ1) is 14.5. The molecule has 0 aliphatic rings. The van der Waals surface area contributed by atoms with E-state index in [0.29, 0.717) is 17.9 Å². The van der Waals surface area contributed by atoms with Crippen molar-refractivity contribution in [3.63, 3.8) is 0 Å². The third kappa shape index (κ3) is 3.17. The third-order valence-electron chi connectivity index (χ3n) is 3.44. The standard InChI is InChI=1S/C17H19FO2/c1-11-5-4-6-12(2)16(11)10-20-17-8-7-14(18)9-15(17)13(3)19/h4-9,13,19H,10H2,1-3H3. The van der Waals surface area contributed by atoms with Crippen molar-refractivity contribution in [1.82, 2.24) is 0 Å². The number of halogens is 1. The van der Waals surface area contributed by atoms with Crippen LogP contribution in [0.1, 0.15) is 35.3 Å². The minimum atomic E-state index is -0.765. The molecule has 2 aromatic carbocycles. The van der Waals surface area contributed by atoms with Crippen molar-refractivity contribution in [3.05, 3.63) is 64.5 Å². The number of aryl methyl sites for hydroxylation is 2. The molecular formula is C17H19FO2. The largest absolute Gasteiger partial charge is 0.488 e. The Bertz CT molecular complexity index is 586. The maximum atomic E-state index is 13.2. The molecule has 1 atom stereocenters. The Hall–Kier alpha value is -1.87. The average Bonchev–Trinajstić information content (AvgIpc) is 2.39. The second-order valence-electron chi connectivity index (χ2n) is 5.02. The Balaban J connectivity index is 2.23. The second kappa shape index (κ2) is 6.06. The van der Waals surface area contributed by atoms with E-state index in [1.54, 1.807) is 13.0 Å². The summed E-state index contributed by atoms with van der Waals surface area (Å²) in [5, 5.41) is 9.69. The summed E-state index contributed by atoms with van der Waals surface area (Å²) in [6.45, 7) is 6.07. The van der Waals surface area contributed by atoms with E-state index in [4.69, 9.17) is 4.74 Å². The highest BCUT2D eigenvalue weighted by molar-refractivity contribution is 5.37. The van der Waals surface area contributed by atoms with Gasteiger partial charge in [0, 0.05) is 5.56 Å². The third-order valence-corrected chi connectivity index (χ3v) is 3.44. The summed E-state index contributed by atoms with van der Waals surface area (Å²) >= 11 is 0. The van der Waals surface area contributed by atoms with Gasteiger partial charge in [-0.05, 0) is 55.7 Å². The van der Waals surface area contributed by atoms with Crippen LogP contribution in [-0.2, 0) is 6.61 Å². The molecule has 0 spiro atoms. The maximum Gasteiger partial charge on any atom is 0.125 e. The molecule has 0 radical (unpaired) electrons. The molecule has 0 aliphatic carbocycles. The van der Waals surface area contributed by atoms with Crippen molar-refractivity contribution in [2.75, 3.05) is 0 Å². The van der Waals surface area contributed by atoms with Crippen molar-refractivity contribution in [1.29, 1.82) is 0 Å². The van der Waals surface area contributed by atoms with Gasteiger partial charge in [-0.25, -0.2) is 4.39 Å². The fourth-order valence-electron chi connectivity index (χ4n) is 2.20. The van der Waals surface area contributed by atoms with Gasteiger partial charge in [-0.1, -0.05) is 18.2 Å². The molecule has 1 unspecified atom stereocenters. The van der Waals surface area contributed by atoms with Gasteiger partial charge in [0.05, 0.1) is 6.10 Å². The van der Waals surface area contributed by atoms with Crippen LogP contribution in [0.5, 0.6) is 5.75 Å². The molecule has 0 aliphatic heterocycles. The topological polar surface area (TPSA) is 29.5 Å². The highest BCUT2D eigenvalue weighted by atomic mass is 19.1. The van der Waals surface area contributed by atoms with E-state index in [1.165, 1.54) is 12.1 Å². The number of benzene rings is 2. The molecule has 2 rings (SSSR count). The number of aliphatic hydroxyl groups is 1. The predicted molar refractivity (Wildman–Crippen MR) is 77.3 cm³/mol. The first-order valence-electron chi connectivity index (χ1n) is 6.64. The van der Waals surface area contributed by atoms with E-state index in [2.05, 4.69) is 0 Å². The maximum absolute atomic E-state index is 13.2. The molecule has 106 valence electrons. The number of aliphatic hydroxyl groups excluding tert-OH is 1. The van der Waals surface area contributed by atoms with Gasteiger partial charge in [0.25, 0.3) is 0 Å². The highest BCUT2D eigenvalue weighted by Crippen LogP contribution is 2.27. The first-order valence-corrected chi connectivity index (χ1v) is 6.64. The van der Waals surface area contributed by atoms with Crippen LogP contribution in [0.4, 0.5) is 4.39 Å². The molecular weight excluding hydrogens is 255 g/mol. The van der Waals surface area contributed by atoms with Gasteiger partial charge in [-0.15, -0.1) is 0 Å². The van der Waals surface area contributed by atoms with Crippen LogP contribution in [0.15, 0.2) is 36.4 Å². The summed E-state index contributed by atoms with van der Waals surface area (Å²) in [4.78, 5) is 0. The van der Waals surface area contributed by atoms with Gasteiger partial charge in [-0.2, -0.15) is 0 Å². The van der Waals surface area contributed by atoms with Gasteiger partial charge in [0.2, 0.25) is 0 Å². The van der Waals surface area contributed by atoms with Crippen molar-refractivity contribution in [3.8, 4) is 5.75 Å². The zero-order valence-electron chi connectivity index (χ0n) is 12.0. The number of hydrogen-bond donors (Lipinski definition) is 1. The summed E-state index contributed by atoms with van der Waals surface area (Å²) in [5.74, 6) is 0.143. The molecule has 0 saturated heterocycles. The smallest absolute Gasteiger partial charge is 0.125 e. The van der Waals surface area contributed by atoms with E-state index in [-0.39, 0.29) is 5.82 Å². The lowest BCUT2D eigenvalue weighted by molar-refractivity contribution is 0.189. The van der Waals surface area contributed by atoms with Gasteiger partial charge in [0.1, 0.15) is 18.2 Å². The average molecular weight is 274 g/mol. The van der Waals surface area contributed by atoms with Crippen LogP contribution < -0.4 is 4.74 Å². The zero-order valence-corrected chi connectivity index (χ0v) is 12.0. The predicted octanol–water partition coefficient (Wildman–Crippen LogP) is 4.07. The molecule has 3 heteroatoms. The summed E-state index contributed by atoms with van der Waals surface area (Å²) in [5.41, 5.74) is 3.90. The Labute approximate surface area is 118 Å². The first-order chi connectivity index (χ1) is 9.49. The highest BCUT2D eigenvalue weighted by Gasteiger charge is 2.11. The van der Waals surface area contributed by atoms with E-state index in [1.807, 2.05) is 32.0 Å². The van der Waals surface area contributed by atoms with Crippen LogP contribution in [0.3, 0.4) is 0 Å². The minimum absolute atomic E-state index is 0.375. The SMILES string of the molecule is Cc1cccc(C)c1COc1ccc(F)cc1C(C)O. The van der Waals surface area contributed by atoms with Gasteiger partial charge in [-0.3, -0.25) is 0 Å². The van der Waals surface area contributed by atoms with E-state index >= 15 is 0 Å². The van der Waals surface area contributed by atoms with Crippen molar-refractivity contribution < 1.29 is 14.2 Å². The normalized spacial score (nSPS) is 12.2. The Kier molecular flexibility index (Phi) is 4.40. The van der Waals surface area contributed by atoms with Gasteiger partial charge in [0.15, 0.2) is 0 Å². The number of ether oxygens (including phenoxy) is 1. The van der Waals surface area contributed by atoms with Crippen molar-refractivity contribution >= 4 is 0 Å². The second-order valence-corrected chi connectivity index (χ2v) is 5.02. The van der Waals surface area contributed by atoms with Crippen molar-refractivity contribution in [2.24, 2.45) is 0 Å². The lowest BCUT2D eigenvalue weighted by Gasteiger charge is -2.15. The summed E-state index contributed by atoms with van der Waals surface area (Å²) in [7, 11) is 0. The number of rotatable bonds is 4. The Morgan fingerprint density at radius 3 is 2.40 bits per heavy atom. The lowest BCUT2D eigenvalue weighted by Crippen LogP contribution is -2.04. The van der Waals surface area contributed by atoms with E-state index in [9.17, 15) is 9.50 Å². The van der Waals surface area contributed by atoms with Crippen LogP contribution >= 0.6 is 0 Å². The molecule has 0 amide bonds. The van der Waals surface area contributed by atoms with Gasteiger partial charge >= 0.3 is 0 Å². The quantitative estimate of drug-likeness (QED) is 0.910. The van der Waals surface area contributed by atoms with E-state index < -0.39 is 6.10 Å². The van der Waals surface area contributed by atoms with Crippen LogP contribution in [0, 0.1) is 19.7 Å². The molecule has 2 aromatic rings. The molecule has 0 heterocycles. The molecule has 1 N–H and O–H groups in total. The minimum Gasteiger partial charge on any atom is -0.488 e. The fraction of sp³-hybridized carbons (Fsp3) is 0.294. The molecule has 0 aromatic heterocycles. The summed E-state index contributed by atoms with van der Waals surface area (Å²) in [6, 6.07) is 10.3. The number of hydrogen-bond acceptors (Lipinski definition) is 2. The monoisotopic (exact) mass is 274 g/mol. The van der Waals surface area contributed by atoms with Gasteiger partial charge < -0.3 is 9.84 Å². The molecule has 0 bridgehead atoms. The van der Waals surface area contributed by atoms with Crippen LogP contribution in [0.25, 0.3) is 0 Å². The molecule has 0 saturated carbocycles. The zero-order chi connectivity index (χ0) is 14.7. The molecule has 20 heavy (non-hydrogen) atoms. The Morgan fingerprint density at radius 1 is 1.15 bits per heavy atom. The van der Waals surface area contributed by atoms with Crippen molar-refractivity contribution in [2.45, 2.75) is 33.5 Å².